The molecule has 0 spiro atoms. The highest BCUT2D eigenvalue weighted by atomic mass is 16.6. The SMILES string of the molecule is Cn1c(C(=O)OC(C)(C)C)ccc1C1COCCN1. The maximum atomic E-state index is 12.1. The van der Waals surface area contributed by atoms with Crippen molar-refractivity contribution >= 4 is 5.97 Å². The Kier molecular flexibility index (Phi) is 3.96. The van der Waals surface area contributed by atoms with Gasteiger partial charge in [0.2, 0.25) is 0 Å². The lowest BCUT2D eigenvalue weighted by atomic mass is 10.2. The maximum Gasteiger partial charge on any atom is 0.355 e. The van der Waals surface area contributed by atoms with Crippen LogP contribution in [0.4, 0.5) is 0 Å². The normalized spacial score (nSPS) is 20.3. The highest BCUT2D eigenvalue weighted by Gasteiger charge is 2.24. The molecule has 5 heteroatoms. The van der Waals surface area contributed by atoms with Crippen LogP contribution >= 0.6 is 0 Å². The Hall–Kier alpha value is -1.33. The van der Waals surface area contributed by atoms with Gasteiger partial charge in [-0.15, -0.1) is 0 Å². The van der Waals surface area contributed by atoms with Gasteiger partial charge < -0.3 is 19.4 Å². The minimum Gasteiger partial charge on any atom is -0.455 e. The smallest absolute Gasteiger partial charge is 0.355 e. The first-order chi connectivity index (χ1) is 8.88. The van der Waals surface area contributed by atoms with Crippen molar-refractivity contribution in [2.45, 2.75) is 32.4 Å². The fraction of sp³-hybridized carbons (Fsp3) is 0.643. The fourth-order valence-electron chi connectivity index (χ4n) is 2.17. The summed E-state index contributed by atoms with van der Waals surface area (Å²) in [6, 6.07) is 3.89. The Bertz CT molecular complexity index is 454. The van der Waals surface area contributed by atoms with Gasteiger partial charge >= 0.3 is 5.97 Å². The second-order valence-electron chi connectivity index (χ2n) is 5.79. The lowest BCUT2D eigenvalue weighted by Crippen LogP contribution is -2.35. The molecule has 5 nitrogen and oxygen atoms in total. The molecule has 0 radical (unpaired) electrons. The lowest BCUT2D eigenvalue weighted by Gasteiger charge is -2.25. The van der Waals surface area contributed by atoms with Crippen molar-refractivity contribution in [2.75, 3.05) is 19.8 Å². The average molecular weight is 266 g/mol. The minimum atomic E-state index is -0.478. The highest BCUT2D eigenvalue weighted by Crippen LogP contribution is 2.20. The second kappa shape index (κ2) is 5.35. The number of esters is 1. The summed E-state index contributed by atoms with van der Waals surface area (Å²) in [4.78, 5) is 12.1. The molecule has 1 N–H and O–H groups in total. The van der Waals surface area contributed by atoms with Gasteiger partial charge in [0.05, 0.1) is 19.3 Å². The van der Waals surface area contributed by atoms with Crippen molar-refractivity contribution in [1.29, 1.82) is 0 Å². The standard InChI is InChI=1S/C14H22N2O3/c1-14(2,3)19-13(17)12-6-5-11(16(12)4)10-9-18-8-7-15-10/h5-6,10,15H,7-9H2,1-4H3. The van der Waals surface area contributed by atoms with E-state index < -0.39 is 5.60 Å². The molecule has 19 heavy (non-hydrogen) atoms. The van der Waals surface area contributed by atoms with Crippen molar-refractivity contribution in [1.82, 2.24) is 9.88 Å². The van der Waals surface area contributed by atoms with Crippen LogP contribution in [0.1, 0.15) is 43.0 Å². The van der Waals surface area contributed by atoms with Crippen LogP contribution in [0.25, 0.3) is 0 Å². The van der Waals surface area contributed by atoms with Gasteiger partial charge in [0.1, 0.15) is 11.3 Å². The van der Waals surface area contributed by atoms with Crippen molar-refractivity contribution < 1.29 is 14.3 Å². The molecule has 1 aliphatic heterocycles. The van der Waals surface area contributed by atoms with E-state index in [-0.39, 0.29) is 12.0 Å². The molecule has 0 bridgehead atoms. The first-order valence-electron chi connectivity index (χ1n) is 6.58. The Balaban J connectivity index is 2.15. The number of nitrogens with one attached hydrogen (secondary N) is 1. The highest BCUT2D eigenvalue weighted by molar-refractivity contribution is 5.88. The summed E-state index contributed by atoms with van der Waals surface area (Å²) in [6.45, 7) is 7.80. The average Bonchev–Trinajstić information content (AvgIpc) is 2.70. The first-order valence-corrected chi connectivity index (χ1v) is 6.58. The zero-order chi connectivity index (χ0) is 14.0. The summed E-state index contributed by atoms with van der Waals surface area (Å²) in [5.74, 6) is -0.294. The second-order valence-corrected chi connectivity index (χ2v) is 5.79. The molecular formula is C14H22N2O3. The molecule has 0 saturated carbocycles. The Morgan fingerprint density at radius 2 is 2.21 bits per heavy atom. The van der Waals surface area contributed by atoms with Crippen LogP contribution in [-0.4, -0.2) is 35.9 Å². The van der Waals surface area contributed by atoms with Gasteiger partial charge in [-0.25, -0.2) is 4.79 Å². The molecule has 0 aliphatic carbocycles. The summed E-state index contributed by atoms with van der Waals surface area (Å²) >= 11 is 0. The monoisotopic (exact) mass is 266 g/mol. The Labute approximate surface area is 113 Å². The van der Waals surface area contributed by atoms with Crippen LogP contribution in [0.3, 0.4) is 0 Å². The van der Waals surface area contributed by atoms with E-state index in [1.165, 1.54) is 0 Å². The minimum absolute atomic E-state index is 0.134. The van der Waals surface area contributed by atoms with Gasteiger partial charge in [0.25, 0.3) is 0 Å². The predicted molar refractivity (Wildman–Crippen MR) is 72.1 cm³/mol. The summed E-state index contributed by atoms with van der Waals surface area (Å²) in [5.41, 5.74) is 1.13. The van der Waals surface area contributed by atoms with Crippen LogP contribution < -0.4 is 5.32 Å². The topological polar surface area (TPSA) is 52.5 Å². The maximum absolute atomic E-state index is 12.1. The van der Waals surface area contributed by atoms with E-state index in [1.807, 2.05) is 38.5 Å². The van der Waals surface area contributed by atoms with E-state index in [0.717, 1.165) is 18.8 Å². The first kappa shape index (κ1) is 14.1. The molecule has 1 fully saturated rings. The number of ether oxygens (including phenoxy) is 2. The molecule has 1 aromatic heterocycles. The number of aromatic nitrogens is 1. The third-order valence-electron chi connectivity index (χ3n) is 3.05. The summed E-state index contributed by atoms with van der Waals surface area (Å²) < 4.78 is 12.7. The van der Waals surface area contributed by atoms with Crippen LogP contribution in [0.2, 0.25) is 0 Å². The predicted octanol–water partition coefficient (Wildman–Crippen LogP) is 1.64. The van der Waals surface area contributed by atoms with Crippen LogP contribution in [0.15, 0.2) is 12.1 Å². The van der Waals surface area contributed by atoms with Gasteiger partial charge in [-0.2, -0.15) is 0 Å². The van der Waals surface area contributed by atoms with E-state index in [9.17, 15) is 4.79 Å². The van der Waals surface area contributed by atoms with E-state index in [2.05, 4.69) is 5.32 Å². The van der Waals surface area contributed by atoms with E-state index in [1.54, 1.807) is 6.07 Å². The number of rotatable bonds is 2. The van der Waals surface area contributed by atoms with Crippen molar-refractivity contribution in [3.8, 4) is 0 Å². The van der Waals surface area contributed by atoms with Crippen molar-refractivity contribution in [2.24, 2.45) is 7.05 Å². The van der Waals surface area contributed by atoms with E-state index >= 15 is 0 Å². The molecule has 1 unspecified atom stereocenters. The third-order valence-corrected chi connectivity index (χ3v) is 3.05. The molecule has 2 heterocycles. The number of hydrogen-bond acceptors (Lipinski definition) is 4. The number of carbonyl (C=O) groups excluding carboxylic acids is 1. The summed E-state index contributed by atoms with van der Waals surface area (Å²) in [5, 5.41) is 3.38. The third kappa shape index (κ3) is 3.36. The number of hydrogen-bond donors (Lipinski definition) is 1. The molecule has 1 atom stereocenters. The van der Waals surface area contributed by atoms with E-state index in [4.69, 9.17) is 9.47 Å². The molecule has 2 rings (SSSR count). The molecule has 1 aliphatic rings. The zero-order valence-electron chi connectivity index (χ0n) is 12.0. The molecule has 0 aromatic carbocycles. The molecule has 1 aromatic rings. The molecule has 106 valence electrons. The summed E-state index contributed by atoms with van der Waals surface area (Å²) in [6.07, 6.45) is 0. The quantitative estimate of drug-likeness (QED) is 0.827. The Morgan fingerprint density at radius 1 is 1.47 bits per heavy atom. The van der Waals surface area contributed by atoms with Crippen LogP contribution in [0.5, 0.6) is 0 Å². The zero-order valence-corrected chi connectivity index (χ0v) is 12.0. The number of morpholine rings is 1. The largest absolute Gasteiger partial charge is 0.455 e. The van der Waals surface area contributed by atoms with Gasteiger partial charge in [-0.05, 0) is 32.9 Å². The number of carbonyl (C=O) groups is 1. The molecule has 0 amide bonds. The van der Waals surface area contributed by atoms with Gasteiger partial charge in [-0.3, -0.25) is 0 Å². The van der Waals surface area contributed by atoms with Gasteiger partial charge in [0, 0.05) is 19.3 Å². The molecule has 1 saturated heterocycles. The van der Waals surface area contributed by atoms with Crippen molar-refractivity contribution in [3.05, 3.63) is 23.5 Å². The van der Waals surface area contributed by atoms with E-state index in [0.29, 0.717) is 12.3 Å². The Morgan fingerprint density at radius 3 is 2.79 bits per heavy atom. The van der Waals surface area contributed by atoms with Gasteiger partial charge in [-0.1, -0.05) is 0 Å². The van der Waals surface area contributed by atoms with Crippen LogP contribution in [-0.2, 0) is 16.5 Å². The number of nitrogens with zero attached hydrogens (tertiary/aromatic N) is 1. The van der Waals surface area contributed by atoms with Gasteiger partial charge in [0.15, 0.2) is 0 Å². The summed E-state index contributed by atoms with van der Waals surface area (Å²) in [7, 11) is 1.88. The molecular weight excluding hydrogens is 244 g/mol. The fourth-order valence-corrected chi connectivity index (χ4v) is 2.17. The lowest BCUT2D eigenvalue weighted by molar-refractivity contribution is 0.00578. The van der Waals surface area contributed by atoms with Crippen LogP contribution in [0, 0.1) is 0 Å². The van der Waals surface area contributed by atoms with Crippen molar-refractivity contribution in [3.63, 3.8) is 0 Å².